The second-order valence-corrected chi connectivity index (χ2v) is 6.68. The van der Waals surface area contributed by atoms with Crippen LogP contribution in [0.15, 0.2) is 30.6 Å². The van der Waals surface area contributed by atoms with E-state index in [1.807, 2.05) is 17.0 Å². The third-order valence-electron chi connectivity index (χ3n) is 4.64. The lowest BCUT2D eigenvalue weighted by Crippen LogP contribution is -2.54. The zero-order chi connectivity index (χ0) is 18.8. The summed E-state index contributed by atoms with van der Waals surface area (Å²) in [5.41, 5.74) is 1.04. The van der Waals surface area contributed by atoms with Gasteiger partial charge in [-0.25, -0.2) is 14.8 Å². The highest BCUT2D eigenvalue weighted by atomic mass is 35.5. The van der Waals surface area contributed by atoms with E-state index < -0.39 is 0 Å². The molecule has 0 unspecified atom stereocenters. The Morgan fingerprint density at radius 1 is 1.15 bits per heavy atom. The third kappa shape index (κ3) is 3.46. The van der Waals surface area contributed by atoms with Gasteiger partial charge in [0.05, 0.1) is 24.6 Å². The Kier molecular flexibility index (Phi) is 4.69. The standard InChI is InChI=1S/C18H17ClN6O2/c19-13-1-2-15-16(9-13)27-8-7-25(15)18(26)24-5-3-23(4-6-24)17-12-21-14(10-20)11-22-17/h1-2,9,11-12H,3-8H2. The van der Waals surface area contributed by atoms with E-state index >= 15 is 0 Å². The van der Waals surface area contributed by atoms with Gasteiger partial charge in [-0.2, -0.15) is 5.26 Å². The number of piperazine rings is 1. The number of carbonyl (C=O) groups excluding carboxylic acids is 1. The molecule has 0 saturated carbocycles. The highest BCUT2D eigenvalue weighted by Gasteiger charge is 2.30. The molecule has 1 aromatic carbocycles. The second kappa shape index (κ2) is 7.29. The van der Waals surface area contributed by atoms with Crippen LogP contribution in [0.1, 0.15) is 5.69 Å². The summed E-state index contributed by atoms with van der Waals surface area (Å²) in [5.74, 6) is 1.35. The SMILES string of the molecule is N#Cc1cnc(N2CCN(C(=O)N3CCOc4cc(Cl)ccc43)CC2)cn1. The summed E-state index contributed by atoms with van der Waals surface area (Å²) in [6.45, 7) is 3.44. The van der Waals surface area contributed by atoms with Gasteiger partial charge in [0, 0.05) is 37.3 Å². The van der Waals surface area contributed by atoms with Crippen molar-refractivity contribution in [2.24, 2.45) is 0 Å². The van der Waals surface area contributed by atoms with Gasteiger partial charge < -0.3 is 14.5 Å². The van der Waals surface area contributed by atoms with Crippen LogP contribution in [0.25, 0.3) is 0 Å². The van der Waals surface area contributed by atoms with Crippen LogP contribution >= 0.6 is 11.6 Å². The van der Waals surface area contributed by atoms with E-state index in [1.165, 1.54) is 6.20 Å². The van der Waals surface area contributed by atoms with Crippen molar-refractivity contribution in [3.63, 3.8) is 0 Å². The molecule has 2 aliphatic heterocycles. The normalized spacial score (nSPS) is 16.4. The molecule has 138 valence electrons. The van der Waals surface area contributed by atoms with Gasteiger partial charge in [-0.05, 0) is 12.1 Å². The molecule has 0 aliphatic carbocycles. The van der Waals surface area contributed by atoms with E-state index in [9.17, 15) is 4.79 Å². The van der Waals surface area contributed by atoms with Crippen LogP contribution in [0, 0.1) is 11.3 Å². The number of benzene rings is 1. The number of nitrogens with zero attached hydrogens (tertiary/aromatic N) is 6. The number of aromatic nitrogens is 2. The molecule has 0 bridgehead atoms. The van der Waals surface area contributed by atoms with Gasteiger partial charge in [0.15, 0.2) is 5.69 Å². The van der Waals surface area contributed by atoms with Gasteiger partial charge in [0.2, 0.25) is 0 Å². The van der Waals surface area contributed by atoms with Crippen LogP contribution < -0.4 is 14.5 Å². The number of anilines is 2. The number of nitriles is 1. The van der Waals surface area contributed by atoms with Gasteiger partial charge in [-0.15, -0.1) is 0 Å². The number of hydrogen-bond acceptors (Lipinski definition) is 6. The summed E-state index contributed by atoms with van der Waals surface area (Å²) in [6.07, 6.45) is 3.06. The maximum Gasteiger partial charge on any atom is 0.324 e. The lowest BCUT2D eigenvalue weighted by molar-refractivity contribution is 0.196. The molecule has 2 aromatic rings. The van der Waals surface area contributed by atoms with Crippen LogP contribution in [0.5, 0.6) is 5.75 Å². The van der Waals surface area contributed by atoms with E-state index in [0.29, 0.717) is 61.6 Å². The van der Waals surface area contributed by atoms with Crippen LogP contribution in [0.2, 0.25) is 5.02 Å². The van der Waals surface area contributed by atoms with Gasteiger partial charge in [0.25, 0.3) is 0 Å². The average molecular weight is 385 g/mol. The Morgan fingerprint density at radius 2 is 1.96 bits per heavy atom. The van der Waals surface area contributed by atoms with Crippen molar-refractivity contribution >= 4 is 29.1 Å². The van der Waals surface area contributed by atoms with Crippen molar-refractivity contribution in [1.82, 2.24) is 14.9 Å². The molecule has 1 fully saturated rings. The molecule has 3 heterocycles. The summed E-state index contributed by atoms with van der Waals surface area (Å²) in [5, 5.41) is 9.40. The Bertz CT molecular complexity index is 890. The maximum absolute atomic E-state index is 13.0. The summed E-state index contributed by atoms with van der Waals surface area (Å²) in [7, 11) is 0. The fourth-order valence-corrected chi connectivity index (χ4v) is 3.39. The van der Waals surface area contributed by atoms with Crippen LogP contribution in [0.4, 0.5) is 16.3 Å². The summed E-state index contributed by atoms with van der Waals surface area (Å²) < 4.78 is 5.62. The van der Waals surface area contributed by atoms with Crippen LogP contribution in [-0.2, 0) is 0 Å². The number of urea groups is 1. The maximum atomic E-state index is 13.0. The summed E-state index contributed by atoms with van der Waals surface area (Å²) >= 11 is 6.02. The Hall–Kier alpha value is -3.05. The fourth-order valence-electron chi connectivity index (χ4n) is 3.23. The average Bonchev–Trinajstić information content (AvgIpc) is 2.73. The first-order valence-corrected chi connectivity index (χ1v) is 8.99. The highest BCUT2D eigenvalue weighted by molar-refractivity contribution is 6.30. The third-order valence-corrected chi connectivity index (χ3v) is 4.88. The molecule has 1 saturated heterocycles. The fraction of sp³-hybridized carbons (Fsp3) is 0.333. The molecule has 9 heteroatoms. The molecule has 0 radical (unpaired) electrons. The zero-order valence-electron chi connectivity index (χ0n) is 14.5. The second-order valence-electron chi connectivity index (χ2n) is 6.24. The van der Waals surface area contributed by atoms with Crippen LogP contribution in [-0.4, -0.2) is 60.2 Å². The summed E-state index contributed by atoms with van der Waals surface area (Å²) in [6, 6.07) is 7.23. The van der Waals surface area contributed by atoms with E-state index in [2.05, 4.69) is 14.9 Å². The molecular weight excluding hydrogens is 368 g/mol. The number of rotatable bonds is 1. The van der Waals surface area contributed by atoms with Crippen molar-refractivity contribution in [3.05, 3.63) is 41.3 Å². The Balaban J connectivity index is 1.43. The largest absolute Gasteiger partial charge is 0.489 e. The van der Waals surface area contributed by atoms with E-state index in [1.54, 1.807) is 23.2 Å². The molecular formula is C18H17ClN6O2. The van der Waals surface area contributed by atoms with Crippen LogP contribution in [0.3, 0.4) is 0 Å². The quantitative estimate of drug-likeness (QED) is 0.748. The first kappa shape index (κ1) is 17.4. The van der Waals surface area contributed by atoms with E-state index in [4.69, 9.17) is 21.6 Å². The smallest absolute Gasteiger partial charge is 0.324 e. The number of hydrogen-bond donors (Lipinski definition) is 0. The molecule has 2 amide bonds. The zero-order valence-corrected chi connectivity index (χ0v) is 15.3. The molecule has 2 aliphatic rings. The number of ether oxygens (including phenoxy) is 1. The highest BCUT2D eigenvalue weighted by Crippen LogP contribution is 2.34. The van der Waals surface area contributed by atoms with Gasteiger partial charge >= 0.3 is 6.03 Å². The predicted molar refractivity (Wildman–Crippen MR) is 100 cm³/mol. The number of halogens is 1. The monoisotopic (exact) mass is 384 g/mol. The van der Waals surface area contributed by atoms with Gasteiger partial charge in [-0.3, -0.25) is 4.90 Å². The molecule has 4 rings (SSSR count). The minimum atomic E-state index is -0.0348. The minimum absolute atomic E-state index is 0.0348. The number of fused-ring (bicyclic) bond motifs is 1. The minimum Gasteiger partial charge on any atom is -0.489 e. The number of amides is 2. The van der Waals surface area contributed by atoms with Crippen molar-refractivity contribution in [3.8, 4) is 11.8 Å². The van der Waals surface area contributed by atoms with Crippen molar-refractivity contribution in [1.29, 1.82) is 5.26 Å². The van der Waals surface area contributed by atoms with Crippen molar-refractivity contribution in [2.75, 3.05) is 49.1 Å². The first-order valence-electron chi connectivity index (χ1n) is 8.61. The number of carbonyl (C=O) groups is 1. The Labute approximate surface area is 161 Å². The lowest BCUT2D eigenvalue weighted by Gasteiger charge is -2.39. The first-order chi connectivity index (χ1) is 13.2. The molecule has 0 spiro atoms. The molecule has 8 nitrogen and oxygen atoms in total. The molecule has 27 heavy (non-hydrogen) atoms. The molecule has 0 atom stereocenters. The Morgan fingerprint density at radius 3 is 2.67 bits per heavy atom. The predicted octanol–water partition coefficient (Wildman–Crippen LogP) is 2.14. The molecule has 1 aromatic heterocycles. The van der Waals surface area contributed by atoms with Crippen molar-refractivity contribution < 1.29 is 9.53 Å². The molecule has 0 N–H and O–H groups in total. The van der Waals surface area contributed by atoms with E-state index in [-0.39, 0.29) is 6.03 Å². The van der Waals surface area contributed by atoms with E-state index in [0.717, 1.165) is 5.69 Å². The van der Waals surface area contributed by atoms with Crippen molar-refractivity contribution in [2.45, 2.75) is 0 Å². The lowest BCUT2D eigenvalue weighted by atomic mass is 10.2. The van der Waals surface area contributed by atoms with Gasteiger partial charge in [-0.1, -0.05) is 11.6 Å². The summed E-state index contributed by atoms with van der Waals surface area (Å²) in [4.78, 5) is 27.0. The topological polar surface area (TPSA) is 85.6 Å². The van der Waals surface area contributed by atoms with Gasteiger partial charge in [0.1, 0.15) is 24.2 Å².